The van der Waals surface area contributed by atoms with Gasteiger partial charge in [-0.05, 0) is 38.0 Å². The number of hydrogen-bond donors (Lipinski definition) is 2. The quantitative estimate of drug-likeness (QED) is 0.848. The first-order valence-electron chi connectivity index (χ1n) is 6.19. The molecule has 1 aromatic rings. The minimum atomic E-state index is -0.130. The molecule has 100 valence electrons. The predicted octanol–water partition coefficient (Wildman–Crippen LogP) is 2.84. The molecule has 0 aromatic heterocycles. The Morgan fingerprint density at radius 3 is 2.72 bits per heavy atom. The summed E-state index contributed by atoms with van der Waals surface area (Å²) in [5.41, 5.74) is 1.03. The van der Waals surface area contributed by atoms with Gasteiger partial charge in [0, 0.05) is 16.6 Å². The third-order valence-corrected chi connectivity index (χ3v) is 3.36. The number of amides is 1. The number of rotatable bonds is 6. The molecule has 0 saturated heterocycles. The van der Waals surface area contributed by atoms with Crippen molar-refractivity contribution in [1.82, 2.24) is 10.6 Å². The van der Waals surface area contributed by atoms with Gasteiger partial charge in [-0.25, -0.2) is 0 Å². The van der Waals surface area contributed by atoms with Crippen LogP contribution in [0.25, 0.3) is 0 Å². The average Bonchev–Trinajstić information content (AvgIpc) is 2.28. The van der Waals surface area contributed by atoms with Crippen LogP contribution >= 0.6 is 15.9 Å². The van der Waals surface area contributed by atoms with E-state index in [0.29, 0.717) is 13.1 Å². The van der Waals surface area contributed by atoms with E-state index in [0.717, 1.165) is 16.5 Å². The Hall–Kier alpha value is -0.870. The van der Waals surface area contributed by atoms with Crippen LogP contribution in [0, 0.1) is 0 Å². The number of benzene rings is 1. The van der Waals surface area contributed by atoms with E-state index >= 15 is 0 Å². The van der Waals surface area contributed by atoms with Gasteiger partial charge in [0.2, 0.25) is 5.91 Å². The highest BCUT2D eigenvalue weighted by Crippen LogP contribution is 2.11. The van der Waals surface area contributed by atoms with E-state index in [2.05, 4.69) is 33.5 Å². The second kappa shape index (κ2) is 6.90. The smallest absolute Gasteiger partial charge is 0.234 e. The van der Waals surface area contributed by atoms with Crippen LogP contribution in [-0.4, -0.2) is 18.0 Å². The maximum Gasteiger partial charge on any atom is 0.234 e. The van der Waals surface area contributed by atoms with Crippen molar-refractivity contribution in [2.24, 2.45) is 0 Å². The van der Waals surface area contributed by atoms with Crippen LogP contribution in [0.15, 0.2) is 28.7 Å². The Morgan fingerprint density at radius 1 is 1.39 bits per heavy atom. The molecule has 0 spiro atoms. The van der Waals surface area contributed by atoms with Crippen LogP contribution in [0.3, 0.4) is 0 Å². The van der Waals surface area contributed by atoms with Crippen molar-refractivity contribution in [3.63, 3.8) is 0 Å². The maximum absolute atomic E-state index is 11.7. The van der Waals surface area contributed by atoms with Crippen LogP contribution in [0.5, 0.6) is 0 Å². The predicted molar refractivity (Wildman–Crippen MR) is 78.4 cm³/mol. The van der Waals surface area contributed by atoms with Crippen molar-refractivity contribution in [3.05, 3.63) is 34.3 Å². The number of carbonyl (C=O) groups is 1. The van der Waals surface area contributed by atoms with Crippen LogP contribution < -0.4 is 10.6 Å². The SMILES string of the molecule is CCC(C)(C)NC(=O)CNCc1cccc(Br)c1. The average molecular weight is 313 g/mol. The van der Waals surface area contributed by atoms with Gasteiger partial charge in [0.05, 0.1) is 6.54 Å². The first-order valence-corrected chi connectivity index (χ1v) is 6.98. The van der Waals surface area contributed by atoms with Crippen LogP contribution in [0.2, 0.25) is 0 Å². The van der Waals surface area contributed by atoms with Crippen molar-refractivity contribution in [2.45, 2.75) is 39.3 Å². The molecular formula is C14H21BrN2O. The topological polar surface area (TPSA) is 41.1 Å². The molecule has 4 heteroatoms. The van der Waals surface area contributed by atoms with E-state index in [1.807, 2.05) is 38.1 Å². The van der Waals surface area contributed by atoms with Crippen molar-refractivity contribution in [1.29, 1.82) is 0 Å². The molecule has 1 amide bonds. The molecular weight excluding hydrogens is 292 g/mol. The number of halogens is 1. The molecule has 0 atom stereocenters. The fourth-order valence-electron chi connectivity index (χ4n) is 1.48. The van der Waals surface area contributed by atoms with Gasteiger partial charge >= 0.3 is 0 Å². The third kappa shape index (κ3) is 5.65. The largest absolute Gasteiger partial charge is 0.350 e. The fraction of sp³-hybridized carbons (Fsp3) is 0.500. The van der Waals surface area contributed by atoms with Gasteiger partial charge in [0.25, 0.3) is 0 Å². The van der Waals surface area contributed by atoms with Gasteiger partial charge in [0.15, 0.2) is 0 Å². The zero-order valence-electron chi connectivity index (χ0n) is 11.2. The van der Waals surface area contributed by atoms with E-state index in [9.17, 15) is 4.79 Å². The van der Waals surface area contributed by atoms with E-state index in [1.165, 1.54) is 0 Å². The second-order valence-electron chi connectivity index (χ2n) is 5.02. The van der Waals surface area contributed by atoms with Gasteiger partial charge < -0.3 is 10.6 Å². The fourth-order valence-corrected chi connectivity index (χ4v) is 1.92. The summed E-state index contributed by atoms with van der Waals surface area (Å²) in [5, 5.41) is 6.14. The summed E-state index contributed by atoms with van der Waals surface area (Å²) in [5.74, 6) is 0.0387. The number of nitrogens with one attached hydrogen (secondary N) is 2. The molecule has 0 radical (unpaired) electrons. The standard InChI is InChI=1S/C14H21BrN2O/c1-4-14(2,3)17-13(18)10-16-9-11-6-5-7-12(15)8-11/h5-8,16H,4,9-10H2,1-3H3,(H,17,18). The minimum Gasteiger partial charge on any atom is -0.350 e. The van der Waals surface area contributed by atoms with Crippen LogP contribution in [-0.2, 0) is 11.3 Å². The Balaban J connectivity index is 2.32. The van der Waals surface area contributed by atoms with Crippen LogP contribution in [0.4, 0.5) is 0 Å². The summed E-state index contributed by atoms with van der Waals surface area (Å²) >= 11 is 3.43. The summed E-state index contributed by atoms with van der Waals surface area (Å²) in [6.45, 7) is 7.16. The molecule has 0 aliphatic heterocycles. The highest BCUT2D eigenvalue weighted by Gasteiger charge is 2.16. The molecule has 0 bridgehead atoms. The van der Waals surface area contributed by atoms with Gasteiger partial charge in [-0.3, -0.25) is 4.79 Å². The Morgan fingerprint density at radius 2 is 2.11 bits per heavy atom. The summed E-state index contributed by atoms with van der Waals surface area (Å²) in [6.07, 6.45) is 0.921. The molecule has 0 saturated carbocycles. The van der Waals surface area contributed by atoms with Gasteiger partial charge in [0.1, 0.15) is 0 Å². The first kappa shape index (κ1) is 15.2. The van der Waals surface area contributed by atoms with Gasteiger partial charge in [-0.2, -0.15) is 0 Å². The number of hydrogen-bond acceptors (Lipinski definition) is 2. The first-order chi connectivity index (χ1) is 8.43. The summed E-state index contributed by atoms with van der Waals surface area (Å²) in [7, 11) is 0. The zero-order chi connectivity index (χ0) is 13.6. The molecule has 0 fully saturated rings. The molecule has 3 nitrogen and oxygen atoms in total. The molecule has 0 unspecified atom stereocenters. The van der Waals surface area contributed by atoms with E-state index in [1.54, 1.807) is 0 Å². The van der Waals surface area contributed by atoms with Crippen molar-refractivity contribution in [3.8, 4) is 0 Å². The maximum atomic E-state index is 11.7. The molecule has 2 N–H and O–H groups in total. The second-order valence-corrected chi connectivity index (χ2v) is 5.93. The highest BCUT2D eigenvalue weighted by atomic mass is 79.9. The summed E-state index contributed by atoms with van der Waals surface area (Å²) in [4.78, 5) is 11.7. The molecule has 1 rings (SSSR count). The van der Waals surface area contributed by atoms with Crippen molar-refractivity contribution in [2.75, 3.05) is 6.54 Å². The highest BCUT2D eigenvalue weighted by molar-refractivity contribution is 9.10. The van der Waals surface area contributed by atoms with Crippen molar-refractivity contribution < 1.29 is 4.79 Å². The number of carbonyl (C=O) groups excluding carboxylic acids is 1. The van der Waals surface area contributed by atoms with Crippen molar-refractivity contribution >= 4 is 21.8 Å². The summed E-state index contributed by atoms with van der Waals surface area (Å²) < 4.78 is 1.05. The van der Waals surface area contributed by atoms with Gasteiger partial charge in [-0.15, -0.1) is 0 Å². The molecule has 0 heterocycles. The minimum absolute atomic E-state index is 0.0387. The summed E-state index contributed by atoms with van der Waals surface area (Å²) in [6, 6.07) is 8.05. The lowest BCUT2D eigenvalue weighted by Crippen LogP contribution is -2.46. The Kier molecular flexibility index (Phi) is 5.82. The normalized spacial score (nSPS) is 11.3. The lowest BCUT2D eigenvalue weighted by molar-refractivity contribution is -0.121. The Labute approximate surface area is 117 Å². The van der Waals surface area contributed by atoms with E-state index in [4.69, 9.17) is 0 Å². The van der Waals surface area contributed by atoms with E-state index in [-0.39, 0.29) is 11.4 Å². The van der Waals surface area contributed by atoms with Crippen LogP contribution in [0.1, 0.15) is 32.8 Å². The lowest BCUT2D eigenvalue weighted by Gasteiger charge is -2.24. The molecule has 18 heavy (non-hydrogen) atoms. The van der Waals surface area contributed by atoms with Gasteiger partial charge in [-0.1, -0.05) is 35.0 Å². The zero-order valence-corrected chi connectivity index (χ0v) is 12.8. The molecule has 1 aromatic carbocycles. The molecule has 0 aliphatic carbocycles. The Bertz CT molecular complexity index is 405. The third-order valence-electron chi connectivity index (χ3n) is 2.87. The molecule has 0 aliphatic rings. The monoisotopic (exact) mass is 312 g/mol. The van der Waals surface area contributed by atoms with E-state index < -0.39 is 0 Å². The lowest BCUT2D eigenvalue weighted by atomic mass is 10.0.